The monoisotopic (exact) mass is 455 g/mol. The summed E-state index contributed by atoms with van der Waals surface area (Å²) in [7, 11) is 0. The van der Waals surface area contributed by atoms with Gasteiger partial charge in [-0.3, -0.25) is 5.43 Å². The lowest BCUT2D eigenvalue weighted by molar-refractivity contribution is 0.104. The van der Waals surface area contributed by atoms with Gasteiger partial charge >= 0.3 is 6.03 Å². The number of hydrazine groups is 1. The van der Waals surface area contributed by atoms with Crippen LogP contribution in [0.2, 0.25) is 0 Å². The lowest BCUT2D eigenvalue weighted by Crippen LogP contribution is -2.62. The number of nitriles is 2. The van der Waals surface area contributed by atoms with Gasteiger partial charge in [0.2, 0.25) is 0 Å². The Morgan fingerprint density at radius 3 is 1.76 bits per heavy atom. The molecular weight excluding hydrogens is 446 g/mol. The SMILES string of the molecule is C#CC#CC#CC#CC#CC#CC#CC#CC#CN1C(=O)NNC12CC(C#N)C(C#N)CC2Cl. The van der Waals surface area contributed by atoms with Crippen LogP contribution in [-0.4, -0.2) is 22.0 Å². The van der Waals surface area contributed by atoms with Crippen LogP contribution < -0.4 is 10.9 Å². The van der Waals surface area contributed by atoms with Crippen LogP contribution in [0.15, 0.2) is 0 Å². The summed E-state index contributed by atoms with van der Waals surface area (Å²) in [6, 6.07) is 6.31. The normalized spacial score (nSPS) is 22.4. The van der Waals surface area contributed by atoms with Crippen LogP contribution in [0.4, 0.5) is 4.79 Å². The quantitative estimate of drug-likeness (QED) is 0.411. The fraction of sp³-hybridized carbons (Fsp3) is 0.222. The summed E-state index contributed by atoms with van der Waals surface area (Å²) in [5, 5.41) is 18.0. The summed E-state index contributed by atoms with van der Waals surface area (Å²) in [5.74, 6) is 37.9. The second-order valence-corrected chi connectivity index (χ2v) is 6.85. The molecule has 7 heteroatoms. The molecule has 1 spiro atoms. The van der Waals surface area contributed by atoms with Gasteiger partial charge in [0.1, 0.15) is 5.66 Å². The number of terminal acetylenes is 1. The second kappa shape index (κ2) is 13.1. The third-order valence-corrected chi connectivity index (χ3v) is 4.97. The molecule has 0 bridgehead atoms. The Morgan fingerprint density at radius 2 is 1.29 bits per heavy atom. The molecule has 6 nitrogen and oxygen atoms in total. The van der Waals surface area contributed by atoms with Crippen LogP contribution in [-0.2, 0) is 0 Å². The number of hydrogen-bond donors (Lipinski definition) is 2. The second-order valence-electron chi connectivity index (χ2n) is 6.32. The van der Waals surface area contributed by atoms with E-state index in [-0.39, 0.29) is 12.8 Å². The van der Waals surface area contributed by atoms with E-state index in [4.69, 9.17) is 18.0 Å². The molecule has 2 rings (SSSR count). The molecular formula is C27H10ClN5O. The van der Waals surface area contributed by atoms with E-state index in [0.717, 1.165) is 0 Å². The molecule has 156 valence electrons. The van der Waals surface area contributed by atoms with E-state index < -0.39 is 28.9 Å². The van der Waals surface area contributed by atoms with Crippen molar-refractivity contribution in [2.75, 3.05) is 0 Å². The van der Waals surface area contributed by atoms with Crippen molar-refractivity contribution in [3.63, 3.8) is 0 Å². The number of amides is 2. The highest BCUT2D eigenvalue weighted by atomic mass is 35.5. The summed E-state index contributed by atoms with van der Waals surface area (Å²) in [6.07, 6.45) is 5.30. The van der Waals surface area contributed by atoms with Gasteiger partial charge in [0.05, 0.1) is 29.4 Å². The van der Waals surface area contributed by atoms with Crippen molar-refractivity contribution in [2.24, 2.45) is 11.8 Å². The number of rotatable bonds is 0. The molecule has 0 aromatic carbocycles. The predicted octanol–water partition coefficient (Wildman–Crippen LogP) is 0.511. The van der Waals surface area contributed by atoms with Crippen molar-refractivity contribution in [3.05, 3.63) is 0 Å². The van der Waals surface area contributed by atoms with Crippen molar-refractivity contribution < 1.29 is 4.79 Å². The van der Waals surface area contributed by atoms with Crippen molar-refractivity contribution >= 4 is 17.6 Å². The standard InChI is InChI=1S/C27H10ClN5O/c1-2-3-4-5-6-7-8-9-10-11-12-13-14-15-16-17-18-33-26(34)31-32-27(33)20-24(22-30)23(21-29)19-25(27)28/h1,23-25,32H,19-20H2,(H,31,34). The molecule has 1 saturated heterocycles. The highest BCUT2D eigenvalue weighted by Gasteiger charge is 2.56. The number of nitrogens with one attached hydrogen (secondary N) is 2. The minimum Gasteiger partial charge on any atom is -0.270 e. The topological polar surface area (TPSA) is 91.9 Å². The highest BCUT2D eigenvalue weighted by molar-refractivity contribution is 6.21. The molecule has 2 N–H and O–H groups in total. The van der Waals surface area contributed by atoms with E-state index in [1.165, 1.54) is 4.90 Å². The Labute approximate surface area is 203 Å². The van der Waals surface area contributed by atoms with Crippen LogP contribution in [0.3, 0.4) is 0 Å². The van der Waals surface area contributed by atoms with E-state index >= 15 is 0 Å². The van der Waals surface area contributed by atoms with Crippen LogP contribution in [0.1, 0.15) is 12.8 Å². The predicted molar refractivity (Wildman–Crippen MR) is 124 cm³/mol. The van der Waals surface area contributed by atoms with E-state index in [0.29, 0.717) is 0 Å². The van der Waals surface area contributed by atoms with Gasteiger partial charge in [0.25, 0.3) is 0 Å². The molecule has 1 heterocycles. The summed E-state index contributed by atoms with van der Waals surface area (Å²) >= 11 is 6.48. The third-order valence-electron chi connectivity index (χ3n) is 4.43. The fourth-order valence-electron chi connectivity index (χ4n) is 2.96. The van der Waals surface area contributed by atoms with Crippen LogP contribution in [0.5, 0.6) is 0 Å². The fourth-order valence-corrected chi connectivity index (χ4v) is 3.39. The number of hydrogen-bond acceptors (Lipinski definition) is 4. The molecule has 2 fully saturated rings. The van der Waals surface area contributed by atoms with Crippen LogP contribution in [0.25, 0.3) is 0 Å². The summed E-state index contributed by atoms with van der Waals surface area (Å²) in [5.41, 5.74) is 4.17. The molecule has 34 heavy (non-hydrogen) atoms. The average molecular weight is 456 g/mol. The number of alkyl halides is 1. The van der Waals surface area contributed by atoms with Gasteiger partial charge in [-0.15, -0.1) is 18.0 Å². The Kier molecular flexibility index (Phi) is 9.53. The molecule has 4 atom stereocenters. The Hall–Kier alpha value is -5.46. The Bertz CT molecular complexity index is 1510. The lowest BCUT2D eigenvalue weighted by atomic mass is 9.74. The molecule has 2 aliphatic rings. The van der Waals surface area contributed by atoms with E-state index in [1.54, 1.807) is 0 Å². The van der Waals surface area contributed by atoms with Crippen molar-refractivity contribution in [1.29, 1.82) is 10.5 Å². The third kappa shape index (κ3) is 6.52. The summed E-state index contributed by atoms with van der Waals surface area (Å²) in [4.78, 5) is 13.4. The number of nitrogens with zero attached hydrogens (tertiary/aromatic N) is 3. The smallest absolute Gasteiger partial charge is 0.270 e. The van der Waals surface area contributed by atoms with Crippen molar-refractivity contribution in [1.82, 2.24) is 15.8 Å². The number of halogens is 1. The first-order valence-electron chi connectivity index (χ1n) is 9.36. The zero-order valence-corrected chi connectivity index (χ0v) is 18.1. The summed E-state index contributed by atoms with van der Waals surface area (Å²) in [6.45, 7) is 0. The van der Waals surface area contributed by atoms with Crippen LogP contribution >= 0.6 is 11.6 Å². The van der Waals surface area contributed by atoms with Crippen molar-refractivity contribution in [3.8, 4) is 119 Å². The van der Waals surface area contributed by atoms with E-state index in [1.807, 2.05) is 0 Å². The lowest BCUT2D eigenvalue weighted by Gasteiger charge is -2.43. The van der Waals surface area contributed by atoms with E-state index in [9.17, 15) is 15.3 Å². The van der Waals surface area contributed by atoms with Crippen molar-refractivity contribution in [2.45, 2.75) is 23.9 Å². The molecule has 0 aromatic rings. The molecule has 0 radical (unpaired) electrons. The number of carbonyl (C=O) groups is 1. The Balaban J connectivity index is 2.02. The van der Waals surface area contributed by atoms with Gasteiger partial charge in [-0.1, -0.05) is 0 Å². The minimum atomic E-state index is -1.12. The van der Waals surface area contributed by atoms with Gasteiger partial charge in [0.15, 0.2) is 0 Å². The first kappa shape index (κ1) is 24.8. The minimum absolute atomic E-state index is 0.143. The van der Waals surface area contributed by atoms with Gasteiger partial charge in [-0.25, -0.2) is 15.1 Å². The molecule has 1 saturated carbocycles. The molecule has 2 amide bonds. The van der Waals surface area contributed by atoms with Gasteiger partial charge in [0, 0.05) is 59.8 Å². The highest BCUT2D eigenvalue weighted by Crippen LogP contribution is 2.42. The zero-order chi connectivity index (χ0) is 24.7. The zero-order valence-electron chi connectivity index (χ0n) is 17.4. The van der Waals surface area contributed by atoms with E-state index in [2.05, 4.69) is 124 Å². The molecule has 1 aliphatic carbocycles. The maximum absolute atomic E-state index is 12.2. The van der Waals surface area contributed by atoms with Gasteiger partial charge < -0.3 is 0 Å². The maximum Gasteiger partial charge on any atom is 0.345 e. The summed E-state index contributed by atoms with van der Waals surface area (Å²) < 4.78 is 0. The van der Waals surface area contributed by atoms with Gasteiger partial charge in [-0.2, -0.15) is 10.5 Å². The largest absolute Gasteiger partial charge is 0.345 e. The first-order valence-corrected chi connectivity index (χ1v) is 9.79. The van der Waals surface area contributed by atoms with Gasteiger partial charge in [-0.05, 0) is 53.8 Å². The first-order chi connectivity index (χ1) is 16.6. The molecule has 1 aliphatic heterocycles. The maximum atomic E-state index is 12.2. The molecule has 0 aromatic heterocycles. The number of urea groups is 1. The number of carbonyl (C=O) groups excluding carboxylic acids is 1. The molecule has 4 unspecified atom stereocenters. The average Bonchev–Trinajstić information content (AvgIpc) is 3.16. The Morgan fingerprint density at radius 1 is 0.824 bits per heavy atom. The van der Waals surface area contributed by atoms with Crippen LogP contribution in [0, 0.1) is 142 Å².